The van der Waals surface area contributed by atoms with Gasteiger partial charge in [0.05, 0.1) is 6.61 Å². The van der Waals surface area contributed by atoms with E-state index in [1.54, 1.807) is 0 Å². The Bertz CT molecular complexity index is 531. The second-order valence-corrected chi connectivity index (χ2v) is 4.94. The number of hydrogen-bond donors (Lipinski definition) is 1. The van der Waals surface area contributed by atoms with Crippen LogP contribution in [0.15, 0.2) is 48.5 Å². The SMILES string of the molecule is CCCCOc1ccc(-c2ccc(C(O)OC)cc2)cc1. The van der Waals surface area contributed by atoms with Gasteiger partial charge in [-0.15, -0.1) is 0 Å². The highest BCUT2D eigenvalue weighted by molar-refractivity contribution is 5.64. The summed E-state index contributed by atoms with van der Waals surface area (Å²) in [6.45, 7) is 2.91. The maximum atomic E-state index is 9.59. The molecule has 0 bridgehead atoms. The quantitative estimate of drug-likeness (QED) is 0.613. The van der Waals surface area contributed by atoms with Crippen LogP contribution in [0.5, 0.6) is 5.75 Å². The van der Waals surface area contributed by atoms with Gasteiger partial charge in [0.1, 0.15) is 5.75 Å². The number of hydrogen-bond acceptors (Lipinski definition) is 3. The third-order valence-corrected chi connectivity index (χ3v) is 3.37. The Morgan fingerprint density at radius 2 is 1.52 bits per heavy atom. The van der Waals surface area contributed by atoms with Crippen molar-refractivity contribution in [2.45, 2.75) is 26.1 Å². The Kier molecular flexibility index (Phi) is 5.78. The lowest BCUT2D eigenvalue weighted by Gasteiger charge is -2.10. The summed E-state index contributed by atoms with van der Waals surface area (Å²) in [5, 5.41) is 9.59. The number of unbranched alkanes of at least 4 members (excludes halogenated alkanes) is 1. The van der Waals surface area contributed by atoms with Crippen molar-refractivity contribution in [1.29, 1.82) is 0 Å². The smallest absolute Gasteiger partial charge is 0.180 e. The number of benzene rings is 2. The highest BCUT2D eigenvalue weighted by Gasteiger charge is 2.05. The van der Waals surface area contributed by atoms with Crippen LogP contribution in [0.25, 0.3) is 11.1 Å². The zero-order chi connectivity index (χ0) is 15.1. The number of ether oxygens (including phenoxy) is 2. The maximum absolute atomic E-state index is 9.59. The minimum Gasteiger partial charge on any atom is -0.494 e. The van der Waals surface area contributed by atoms with Crippen LogP contribution >= 0.6 is 0 Å². The van der Waals surface area contributed by atoms with Crippen molar-refractivity contribution in [2.24, 2.45) is 0 Å². The third kappa shape index (κ3) is 4.31. The first-order chi connectivity index (χ1) is 10.2. The molecule has 0 aromatic heterocycles. The first-order valence-electron chi connectivity index (χ1n) is 7.28. The number of aliphatic hydroxyl groups excluding tert-OH is 1. The van der Waals surface area contributed by atoms with Gasteiger partial charge in [0.2, 0.25) is 0 Å². The van der Waals surface area contributed by atoms with Crippen molar-refractivity contribution in [1.82, 2.24) is 0 Å². The highest BCUT2D eigenvalue weighted by atomic mass is 16.6. The average Bonchev–Trinajstić information content (AvgIpc) is 2.55. The van der Waals surface area contributed by atoms with E-state index in [9.17, 15) is 5.11 Å². The molecule has 2 aromatic carbocycles. The molecule has 0 aliphatic heterocycles. The summed E-state index contributed by atoms with van der Waals surface area (Å²) in [6, 6.07) is 15.8. The molecule has 112 valence electrons. The number of methoxy groups -OCH3 is 1. The van der Waals surface area contributed by atoms with Gasteiger partial charge >= 0.3 is 0 Å². The zero-order valence-corrected chi connectivity index (χ0v) is 12.6. The van der Waals surface area contributed by atoms with Gasteiger partial charge < -0.3 is 14.6 Å². The second kappa shape index (κ2) is 7.81. The average molecular weight is 286 g/mol. The fourth-order valence-corrected chi connectivity index (χ4v) is 2.05. The van der Waals surface area contributed by atoms with E-state index in [1.165, 1.54) is 7.11 Å². The molecule has 1 unspecified atom stereocenters. The lowest BCUT2D eigenvalue weighted by Crippen LogP contribution is -1.98. The molecule has 0 amide bonds. The van der Waals surface area contributed by atoms with E-state index in [2.05, 4.69) is 6.92 Å². The summed E-state index contributed by atoms with van der Waals surface area (Å²) in [4.78, 5) is 0. The van der Waals surface area contributed by atoms with Gasteiger partial charge in [-0.1, -0.05) is 49.7 Å². The van der Waals surface area contributed by atoms with E-state index in [-0.39, 0.29) is 0 Å². The van der Waals surface area contributed by atoms with E-state index in [4.69, 9.17) is 9.47 Å². The molecule has 0 spiro atoms. The first-order valence-corrected chi connectivity index (χ1v) is 7.28. The van der Waals surface area contributed by atoms with Gasteiger partial charge in [0.15, 0.2) is 6.29 Å². The third-order valence-electron chi connectivity index (χ3n) is 3.37. The fourth-order valence-electron chi connectivity index (χ4n) is 2.05. The van der Waals surface area contributed by atoms with Crippen molar-refractivity contribution in [3.63, 3.8) is 0 Å². The van der Waals surface area contributed by atoms with Gasteiger partial charge in [-0.05, 0) is 29.7 Å². The summed E-state index contributed by atoms with van der Waals surface area (Å²) in [5.74, 6) is 0.902. The fraction of sp³-hybridized carbons (Fsp3) is 0.333. The maximum Gasteiger partial charge on any atom is 0.180 e. The molecule has 21 heavy (non-hydrogen) atoms. The molecule has 2 aromatic rings. The summed E-state index contributed by atoms with van der Waals surface area (Å²) in [5.41, 5.74) is 2.97. The zero-order valence-electron chi connectivity index (χ0n) is 12.6. The molecule has 1 atom stereocenters. The van der Waals surface area contributed by atoms with E-state index in [1.807, 2.05) is 48.5 Å². The summed E-state index contributed by atoms with van der Waals surface area (Å²) < 4.78 is 10.5. The van der Waals surface area contributed by atoms with Crippen LogP contribution in [0.1, 0.15) is 31.6 Å². The minimum absolute atomic E-state index is 0.751. The van der Waals surface area contributed by atoms with Gasteiger partial charge in [0, 0.05) is 12.7 Å². The second-order valence-electron chi connectivity index (χ2n) is 4.94. The molecule has 1 N–H and O–H groups in total. The van der Waals surface area contributed by atoms with Gasteiger partial charge in [-0.2, -0.15) is 0 Å². The lowest BCUT2D eigenvalue weighted by atomic mass is 10.0. The molecule has 0 saturated carbocycles. The van der Waals surface area contributed by atoms with E-state index in [0.29, 0.717) is 0 Å². The Hall–Kier alpha value is -1.84. The highest BCUT2D eigenvalue weighted by Crippen LogP contribution is 2.24. The van der Waals surface area contributed by atoms with Gasteiger partial charge in [-0.3, -0.25) is 0 Å². The summed E-state index contributed by atoms with van der Waals surface area (Å²) in [6.07, 6.45) is 1.34. The Morgan fingerprint density at radius 1 is 0.952 bits per heavy atom. The standard InChI is InChI=1S/C18H22O3/c1-3-4-13-21-17-11-9-15(10-12-17)14-5-7-16(8-6-14)18(19)20-2/h5-12,18-19H,3-4,13H2,1-2H3. The minimum atomic E-state index is -0.867. The Morgan fingerprint density at radius 3 is 2.05 bits per heavy atom. The monoisotopic (exact) mass is 286 g/mol. The van der Waals surface area contributed by atoms with Crippen molar-refractivity contribution >= 4 is 0 Å². The van der Waals surface area contributed by atoms with E-state index >= 15 is 0 Å². The van der Waals surface area contributed by atoms with Crippen LogP contribution in [0.2, 0.25) is 0 Å². The van der Waals surface area contributed by atoms with Crippen molar-refractivity contribution in [3.05, 3.63) is 54.1 Å². The molecule has 0 heterocycles. The van der Waals surface area contributed by atoms with E-state index in [0.717, 1.165) is 41.9 Å². The van der Waals surface area contributed by atoms with Crippen molar-refractivity contribution < 1.29 is 14.6 Å². The molecule has 0 saturated heterocycles. The molecule has 0 fully saturated rings. The van der Waals surface area contributed by atoms with E-state index < -0.39 is 6.29 Å². The topological polar surface area (TPSA) is 38.7 Å². The molecule has 0 aliphatic rings. The molecular formula is C18H22O3. The van der Waals surface area contributed by atoms with Crippen molar-refractivity contribution in [3.8, 4) is 16.9 Å². The first kappa shape index (κ1) is 15.5. The number of rotatable bonds is 7. The molecule has 2 rings (SSSR count). The van der Waals surface area contributed by atoms with Crippen LogP contribution in [-0.4, -0.2) is 18.8 Å². The Balaban J connectivity index is 2.04. The predicted octanol–water partition coefficient (Wildman–Crippen LogP) is 4.17. The summed E-state index contributed by atoms with van der Waals surface area (Å²) in [7, 11) is 1.48. The van der Waals surface area contributed by atoms with Crippen LogP contribution < -0.4 is 4.74 Å². The number of aliphatic hydroxyl groups is 1. The normalized spacial score (nSPS) is 12.1. The molecular weight excluding hydrogens is 264 g/mol. The largest absolute Gasteiger partial charge is 0.494 e. The molecule has 3 nitrogen and oxygen atoms in total. The predicted molar refractivity (Wildman–Crippen MR) is 84.2 cm³/mol. The molecule has 3 heteroatoms. The lowest BCUT2D eigenvalue weighted by molar-refractivity contribution is -0.0769. The van der Waals surface area contributed by atoms with Crippen LogP contribution in [0, 0.1) is 0 Å². The van der Waals surface area contributed by atoms with Gasteiger partial charge in [-0.25, -0.2) is 0 Å². The van der Waals surface area contributed by atoms with Gasteiger partial charge in [0.25, 0.3) is 0 Å². The van der Waals surface area contributed by atoms with Crippen LogP contribution in [0.3, 0.4) is 0 Å². The molecule has 0 aliphatic carbocycles. The Labute approximate surface area is 126 Å². The summed E-state index contributed by atoms with van der Waals surface area (Å²) >= 11 is 0. The molecule has 0 radical (unpaired) electrons. The van der Waals surface area contributed by atoms with Crippen LogP contribution in [-0.2, 0) is 4.74 Å². The van der Waals surface area contributed by atoms with Crippen molar-refractivity contribution in [2.75, 3.05) is 13.7 Å². The van der Waals surface area contributed by atoms with Crippen LogP contribution in [0.4, 0.5) is 0 Å².